The zero-order valence-corrected chi connectivity index (χ0v) is 10.7. The van der Waals surface area contributed by atoms with E-state index in [0.29, 0.717) is 16.6 Å². The Bertz CT molecular complexity index is 391. The monoisotopic (exact) mass is 252 g/mol. The summed E-state index contributed by atoms with van der Waals surface area (Å²) in [5, 5.41) is 4.03. The first-order valence-electron chi connectivity index (χ1n) is 5.95. The van der Waals surface area contributed by atoms with Crippen LogP contribution in [0.4, 0.5) is 0 Å². The SMILES string of the molecule is CC1CN(C(=O)c2ccc(Cl)cc2)CCCN1. The number of rotatable bonds is 1. The Morgan fingerprint density at radius 1 is 1.41 bits per heavy atom. The van der Waals surface area contributed by atoms with Gasteiger partial charge in [-0.05, 0) is 44.2 Å². The van der Waals surface area contributed by atoms with Crippen LogP contribution in [0.15, 0.2) is 24.3 Å². The third kappa shape index (κ3) is 3.20. The van der Waals surface area contributed by atoms with E-state index >= 15 is 0 Å². The molecular formula is C13H17ClN2O. The molecule has 0 bridgehead atoms. The number of hydrogen-bond acceptors (Lipinski definition) is 2. The molecule has 0 aromatic heterocycles. The third-order valence-corrected chi connectivity index (χ3v) is 3.22. The van der Waals surface area contributed by atoms with Crippen LogP contribution in [0.25, 0.3) is 0 Å². The van der Waals surface area contributed by atoms with Crippen molar-refractivity contribution < 1.29 is 4.79 Å². The Morgan fingerprint density at radius 2 is 2.12 bits per heavy atom. The smallest absolute Gasteiger partial charge is 0.253 e. The molecule has 1 unspecified atom stereocenters. The van der Waals surface area contributed by atoms with Gasteiger partial charge in [0.1, 0.15) is 0 Å². The lowest BCUT2D eigenvalue weighted by Crippen LogP contribution is -2.38. The van der Waals surface area contributed by atoms with Crippen molar-refractivity contribution in [3.63, 3.8) is 0 Å². The van der Waals surface area contributed by atoms with E-state index in [9.17, 15) is 4.79 Å². The summed E-state index contributed by atoms with van der Waals surface area (Å²) in [5.74, 6) is 0.0946. The van der Waals surface area contributed by atoms with Gasteiger partial charge in [-0.25, -0.2) is 0 Å². The summed E-state index contributed by atoms with van der Waals surface area (Å²) in [6, 6.07) is 7.44. The normalized spacial score (nSPS) is 21.1. The van der Waals surface area contributed by atoms with Crippen molar-refractivity contribution in [2.45, 2.75) is 19.4 Å². The summed E-state index contributed by atoms with van der Waals surface area (Å²) in [7, 11) is 0. The lowest BCUT2D eigenvalue weighted by Gasteiger charge is -2.22. The molecule has 0 spiro atoms. The number of amides is 1. The zero-order chi connectivity index (χ0) is 12.3. The van der Waals surface area contributed by atoms with Gasteiger partial charge in [-0.2, -0.15) is 0 Å². The van der Waals surface area contributed by atoms with Crippen LogP contribution in [0.2, 0.25) is 5.02 Å². The lowest BCUT2D eigenvalue weighted by atomic mass is 10.2. The first-order chi connectivity index (χ1) is 8.16. The van der Waals surface area contributed by atoms with E-state index in [4.69, 9.17) is 11.6 Å². The predicted octanol–water partition coefficient (Wildman–Crippen LogP) is 2.16. The molecule has 1 N–H and O–H groups in total. The van der Waals surface area contributed by atoms with E-state index in [1.54, 1.807) is 24.3 Å². The average Bonchev–Trinajstić information content (AvgIpc) is 2.54. The van der Waals surface area contributed by atoms with E-state index in [1.165, 1.54) is 0 Å². The molecule has 0 saturated carbocycles. The number of nitrogens with zero attached hydrogens (tertiary/aromatic N) is 1. The maximum absolute atomic E-state index is 12.3. The average molecular weight is 253 g/mol. The van der Waals surface area contributed by atoms with E-state index < -0.39 is 0 Å². The van der Waals surface area contributed by atoms with Crippen molar-refractivity contribution in [1.29, 1.82) is 0 Å². The molecule has 0 radical (unpaired) electrons. The van der Waals surface area contributed by atoms with Crippen LogP contribution in [-0.4, -0.2) is 36.5 Å². The highest BCUT2D eigenvalue weighted by atomic mass is 35.5. The number of nitrogens with one attached hydrogen (secondary N) is 1. The van der Waals surface area contributed by atoms with Crippen LogP contribution in [0.1, 0.15) is 23.7 Å². The maximum Gasteiger partial charge on any atom is 0.253 e. The molecule has 1 amide bonds. The highest BCUT2D eigenvalue weighted by Crippen LogP contribution is 2.13. The van der Waals surface area contributed by atoms with Crippen molar-refractivity contribution in [2.24, 2.45) is 0 Å². The molecule has 17 heavy (non-hydrogen) atoms. The van der Waals surface area contributed by atoms with Crippen molar-refractivity contribution in [3.05, 3.63) is 34.9 Å². The molecule has 1 saturated heterocycles. The van der Waals surface area contributed by atoms with Crippen LogP contribution < -0.4 is 5.32 Å². The first kappa shape index (κ1) is 12.4. The van der Waals surface area contributed by atoms with Crippen LogP contribution in [0.3, 0.4) is 0 Å². The number of hydrogen-bond donors (Lipinski definition) is 1. The van der Waals surface area contributed by atoms with Gasteiger partial charge in [0.2, 0.25) is 0 Å². The first-order valence-corrected chi connectivity index (χ1v) is 6.33. The molecule has 4 heteroatoms. The second-order valence-corrected chi connectivity index (χ2v) is 4.90. The van der Waals surface area contributed by atoms with Gasteiger partial charge in [-0.1, -0.05) is 11.6 Å². The van der Waals surface area contributed by atoms with E-state index in [2.05, 4.69) is 12.2 Å². The summed E-state index contributed by atoms with van der Waals surface area (Å²) in [6.45, 7) is 4.67. The van der Waals surface area contributed by atoms with E-state index in [1.807, 2.05) is 4.90 Å². The summed E-state index contributed by atoms with van der Waals surface area (Å²) in [6.07, 6.45) is 1.00. The Balaban J connectivity index is 2.10. The maximum atomic E-state index is 12.3. The van der Waals surface area contributed by atoms with Gasteiger partial charge < -0.3 is 10.2 Å². The highest BCUT2D eigenvalue weighted by molar-refractivity contribution is 6.30. The minimum atomic E-state index is 0.0946. The minimum absolute atomic E-state index is 0.0946. The van der Waals surface area contributed by atoms with Crippen molar-refractivity contribution in [3.8, 4) is 0 Å². The number of benzene rings is 1. The van der Waals surface area contributed by atoms with E-state index in [-0.39, 0.29) is 5.91 Å². The molecule has 1 aromatic carbocycles. The quantitative estimate of drug-likeness (QED) is 0.831. The molecule has 3 nitrogen and oxygen atoms in total. The molecule has 1 atom stereocenters. The summed E-state index contributed by atoms with van der Waals surface area (Å²) >= 11 is 5.82. The Hall–Kier alpha value is -1.06. The van der Waals surface area contributed by atoms with Crippen molar-refractivity contribution >= 4 is 17.5 Å². The van der Waals surface area contributed by atoms with E-state index in [0.717, 1.165) is 26.1 Å². The van der Waals surface area contributed by atoms with Gasteiger partial charge in [0.25, 0.3) is 5.91 Å². The summed E-state index contributed by atoms with van der Waals surface area (Å²) < 4.78 is 0. The number of halogens is 1. The molecule has 1 fully saturated rings. The van der Waals surface area contributed by atoms with Crippen molar-refractivity contribution in [2.75, 3.05) is 19.6 Å². The molecule has 1 heterocycles. The fraction of sp³-hybridized carbons (Fsp3) is 0.462. The molecular weight excluding hydrogens is 236 g/mol. The molecule has 0 aliphatic carbocycles. The third-order valence-electron chi connectivity index (χ3n) is 2.97. The predicted molar refractivity (Wildman–Crippen MR) is 69.4 cm³/mol. The van der Waals surface area contributed by atoms with Crippen LogP contribution in [0.5, 0.6) is 0 Å². The van der Waals surface area contributed by atoms with Gasteiger partial charge >= 0.3 is 0 Å². The fourth-order valence-electron chi connectivity index (χ4n) is 2.06. The second-order valence-electron chi connectivity index (χ2n) is 4.47. The van der Waals surface area contributed by atoms with Crippen LogP contribution in [0, 0.1) is 0 Å². The minimum Gasteiger partial charge on any atom is -0.337 e. The Morgan fingerprint density at radius 3 is 2.82 bits per heavy atom. The van der Waals surface area contributed by atoms with Gasteiger partial charge in [0.15, 0.2) is 0 Å². The number of carbonyl (C=O) groups is 1. The van der Waals surface area contributed by atoms with Crippen LogP contribution in [-0.2, 0) is 0 Å². The van der Waals surface area contributed by atoms with Gasteiger partial charge in [0.05, 0.1) is 0 Å². The molecule has 1 aliphatic heterocycles. The zero-order valence-electron chi connectivity index (χ0n) is 9.95. The molecule has 1 aromatic rings. The van der Waals surface area contributed by atoms with Crippen molar-refractivity contribution in [1.82, 2.24) is 10.2 Å². The highest BCUT2D eigenvalue weighted by Gasteiger charge is 2.19. The molecule has 1 aliphatic rings. The van der Waals surface area contributed by atoms with Crippen LogP contribution >= 0.6 is 11.6 Å². The Kier molecular flexibility index (Phi) is 4.02. The largest absolute Gasteiger partial charge is 0.337 e. The second kappa shape index (κ2) is 5.52. The van der Waals surface area contributed by atoms with Gasteiger partial charge in [-0.3, -0.25) is 4.79 Å². The molecule has 2 rings (SSSR count). The number of carbonyl (C=O) groups excluding carboxylic acids is 1. The standard InChI is InChI=1S/C13H17ClN2O/c1-10-9-16(8-2-7-15-10)13(17)11-3-5-12(14)6-4-11/h3-6,10,15H,2,7-9H2,1H3. The summed E-state index contributed by atoms with van der Waals surface area (Å²) in [5.41, 5.74) is 0.712. The Labute approximate surface area is 107 Å². The van der Waals surface area contributed by atoms with Gasteiger partial charge in [-0.15, -0.1) is 0 Å². The fourth-order valence-corrected chi connectivity index (χ4v) is 2.19. The van der Waals surface area contributed by atoms with Gasteiger partial charge in [0, 0.05) is 29.7 Å². The topological polar surface area (TPSA) is 32.3 Å². The lowest BCUT2D eigenvalue weighted by molar-refractivity contribution is 0.0755. The summed E-state index contributed by atoms with van der Waals surface area (Å²) in [4.78, 5) is 14.2. The molecule has 92 valence electrons.